The molecule has 11 heteroatoms. The van der Waals surface area contributed by atoms with Crippen molar-refractivity contribution in [3.8, 4) is 11.8 Å². The van der Waals surface area contributed by atoms with Crippen molar-refractivity contribution in [2.24, 2.45) is 16.5 Å². The minimum absolute atomic E-state index is 0.00460. The minimum Gasteiger partial charge on any atom is -0.386 e. The van der Waals surface area contributed by atoms with E-state index >= 15 is 0 Å². The highest BCUT2D eigenvalue weighted by Crippen LogP contribution is 2.47. The summed E-state index contributed by atoms with van der Waals surface area (Å²) in [5, 5.41) is 0.201. The van der Waals surface area contributed by atoms with Crippen LogP contribution in [0.1, 0.15) is 34.6 Å². The number of nitrogens with two attached hydrogens (primary N) is 2. The van der Waals surface area contributed by atoms with E-state index in [2.05, 4.69) is 16.8 Å². The molecule has 5 nitrogen and oxygen atoms in total. The van der Waals surface area contributed by atoms with Gasteiger partial charge in [-0.05, 0) is 43.0 Å². The van der Waals surface area contributed by atoms with Crippen LogP contribution >= 0.6 is 22.9 Å². The lowest BCUT2D eigenvalue weighted by atomic mass is 9.83. The molecule has 31 heavy (non-hydrogen) atoms. The van der Waals surface area contributed by atoms with Crippen molar-refractivity contribution in [1.82, 2.24) is 0 Å². The van der Waals surface area contributed by atoms with Crippen LogP contribution in [0.2, 0.25) is 5.02 Å². The van der Waals surface area contributed by atoms with Gasteiger partial charge in [-0.25, -0.2) is 26.6 Å². The molecule has 1 unspecified atom stereocenters. The Hall–Kier alpha value is -2.06. The first-order chi connectivity index (χ1) is 14.5. The summed E-state index contributed by atoms with van der Waals surface area (Å²) in [6.07, 6.45) is 1.59. The lowest BCUT2D eigenvalue weighted by molar-refractivity contribution is 0.389. The van der Waals surface area contributed by atoms with Crippen LogP contribution < -0.4 is 11.5 Å². The van der Waals surface area contributed by atoms with E-state index < -0.39 is 43.5 Å². The first kappa shape index (κ1) is 22.1. The molecule has 2 heterocycles. The van der Waals surface area contributed by atoms with E-state index in [-0.39, 0.29) is 22.8 Å². The first-order valence-electron chi connectivity index (χ1n) is 9.26. The van der Waals surface area contributed by atoms with Gasteiger partial charge in [0.25, 0.3) is 0 Å². The highest BCUT2D eigenvalue weighted by Gasteiger charge is 2.58. The van der Waals surface area contributed by atoms with Gasteiger partial charge >= 0.3 is 0 Å². The van der Waals surface area contributed by atoms with E-state index in [1.165, 1.54) is 6.07 Å². The molecule has 1 aliphatic heterocycles. The van der Waals surface area contributed by atoms with Crippen LogP contribution in [0.5, 0.6) is 0 Å². The summed E-state index contributed by atoms with van der Waals surface area (Å²) in [6.45, 7) is 0. The van der Waals surface area contributed by atoms with E-state index in [1.54, 1.807) is 0 Å². The first-order valence-corrected chi connectivity index (χ1v) is 12.1. The molecule has 0 bridgehead atoms. The van der Waals surface area contributed by atoms with Crippen molar-refractivity contribution in [2.75, 3.05) is 5.75 Å². The number of sulfone groups is 1. The normalized spacial score (nSPS) is 23.6. The van der Waals surface area contributed by atoms with Crippen LogP contribution in [0.25, 0.3) is 0 Å². The van der Waals surface area contributed by atoms with Crippen LogP contribution in [-0.4, -0.2) is 24.8 Å². The third-order valence-electron chi connectivity index (χ3n) is 5.58. The molecule has 4 N–H and O–H groups in total. The Morgan fingerprint density at radius 1 is 1.19 bits per heavy atom. The van der Waals surface area contributed by atoms with Gasteiger partial charge in [-0.2, -0.15) is 0 Å². The maximum Gasteiger partial charge on any atom is 0.194 e. The Morgan fingerprint density at radius 3 is 2.39 bits per heavy atom. The molecule has 1 aromatic heterocycles. The van der Waals surface area contributed by atoms with Gasteiger partial charge in [0, 0.05) is 6.42 Å². The number of rotatable bonds is 2. The summed E-state index contributed by atoms with van der Waals surface area (Å²) in [7, 11) is -3.63. The summed E-state index contributed by atoms with van der Waals surface area (Å²) >= 11 is 7.37. The fraction of sp³-hybridized carbons (Fsp3) is 0.350. The molecule has 0 saturated heterocycles. The van der Waals surface area contributed by atoms with Crippen LogP contribution in [0.4, 0.5) is 13.2 Å². The lowest BCUT2D eigenvalue weighted by Crippen LogP contribution is -2.63. The molecule has 1 saturated carbocycles. The molecule has 1 atom stereocenters. The Balaban J connectivity index is 1.61. The average molecular weight is 488 g/mol. The van der Waals surface area contributed by atoms with Crippen molar-refractivity contribution in [2.45, 2.75) is 36.1 Å². The number of thiophene rings is 1. The third-order valence-corrected chi connectivity index (χ3v) is 9.84. The maximum atomic E-state index is 13.3. The van der Waals surface area contributed by atoms with Gasteiger partial charge in [-0.15, -0.1) is 11.3 Å². The number of hydrogen-bond donors (Lipinski definition) is 2. The third kappa shape index (κ3) is 3.63. The number of benzene rings is 1. The largest absolute Gasteiger partial charge is 0.386 e. The second-order valence-corrected chi connectivity index (χ2v) is 11.4. The van der Waals surface area contributed by atoms with Gasteiger partial charge < -0.3 is 11.5 Å². The molecule has 2 aromatic rings. The van der Waals surface area contributed by atoms with Crippen molar-refractivity contribution in [1.29, 1.82) is 0 Å². The van der Waals surface area contributed by atoms with E-state index in [1.807, 2.05) is 0 Å². The Bertz CT molecular complexity index is 1250. The van der Waals surface area contributed by atoms with Crippen molar-refractivity contribution in [3.05, 3.63) is 56.0 Å². The van der Waals surface area contributed by atoms with Crippen molar-refractivity contribution >= 4 is 38.6 Å². The van der Waals surface area contributed by atoms with Crippen molar-refractivity contribution in [3.63, 3.8) is 0 Å². The number of amidine groups is 1. The van der Waals surface area contributed by atoms with Gasteiger partial charge in [0.05, 0.1) is 20.5 Å². The Morgan fingerprint density at radius 2 is 1.84 bits per heavy atom. The van der Waals surface area contributed by atoms with Crippen LogP contribution in [-0.2, 0) is 21.9 Å². The monoisotopic (exact) mass is 487 g/mol. The molecule has 4 rings (SSSR count). The predicted molar refractivity (Wildman–Crippen MR) is 114 cm³/mol. The zero-order valence-corrected chi connectivity index (χ0v) is 18.4. The van der Waals surface area contributed by atoms with Crippen LogP contribution in [0, 0.1) is 29.3 Å². The summed E-state index contributed by atoms with van der Waals surface area (Å²) in [5.41, 5.74) is 10.9. The lowest BCUT2D eigenvalue weighted by Gasteiger charge is -2.46. The standard InChI is InChI=1S/C20H17ClF3N3O2S2/c21-13-9-12(4-1-3-11-7-14(22)16(24)15(23)8-11)30-17(13)20(26)10-31(28,29)19(5-2-6-19)18(25)27-20/h7-9H,2-3,5-6,10,26H2,(H2,25,27). The zero-order chi connectivity index (χ0) is 22.6. The molecule has 2 aliphatic rings. The molecule has 0 amide bonds. The molecule has 164 valence electrons. The van der Waals surface area contributed by atoms with E-state index in [0.29, 0.717) is 22.6 Å². The fourth-order valence-electron chi connectivity index (χ4n) is 3.79. The van der Waals surface area contributed by atoms with Gasteiger partial charge in [-0.1, -0.05) is 23.4 Å². The van der Waals surface area contributed by atoms with Crippen molar-refractivity contribution < 1.29 is 21.6 Å². The molecule has 1 aliphatic carbocycles. The number of hydrogen-bond acceptors (Lipinski definition) is 6. The Kier molecular flexibility index (Phi) is 5.37. The quantitative estimate of drug-likeness (QED) is 0.502. The minimum atomic E-state index is -3.63. The highest BCUT2D eigenvalue weighted by atomic mass is 35.5. The van der Waals surface area contributed by atoms with Gasteiger partial charge in [-0.3, -0.25) is 0 Å². The van der Waals surface area contributed by atoms with E-state index in [9.17, 15) is 21.6 Å². The Labute approximate surface area is 186 Å². The molecular weight excluding hydrogens is 471 g/mol. The molecule has 1 spiro atoms. The van der Waals surface area contributed by atoms with Gasteiger partial charge in [0.1, 0.15) is 10.6 Å². The molecular formula is C20H17ClF3N3O2S2. The van der Waals surface area contributed by atoms with Gasteiger partial charge in [0.15, 0.2) is 33.0 Å². The van der Waals surface area contributed by atoms with E-state index in [4.69, 9.17) is 23.1 Å². The topological polar surface area (TPSA) is 98.5 Å². The summed E-state index contributed by atoms with van der Waals surface area (Å²) in [5.74, 6) is 0.999. The van der Waals surface area contributed by atoms with Crippen LogP contribution in [0.15, 0.2) is 23.2 Å². The molecule has 1 fully saturated rings. The average Bonchev–Trinajstić information content (AvgIpc) is 2.98. The number of aliphatic imine (C=N–C) groups is 1. The summed E-state index contributed by atoms with van der Waals surface area (Å²) < 4.78 is 64.4. The summed E-state index contributed by atoms with van der Waals surface area (Å²) in [4.78, 5) is 5.12. The molecule has 0 radical (unpaired) electrons. The highest BCUT2D eigenvalue weighted by molar-refractivity contribution is 7.93. The summed E-state index contributed by atoms with van der Waals surface area (Å²) in [6, 6.07) is 3.26. The maximum absolute atomic E-state index is 13.3. The number of nitrogens with zero attached hydrogens (tertiary/aromatic N) is 1. The smallest absolute Gasteiger partial charge is 0.194 e. The number of halogens is 4. The SMILES string of the molecule is NC1=NC(N)(c2sc(C#CCc3cc(F)c(F)c(F)c3)cc2Cl)CS(=O)(=O)C12CCC2. The predicted octanol–water partition coefficient (Wildman–Crippen LogP) is 3.23. The van der Waals surface area contributed by atoms with E-state index in [0.717, 1.165) is 29.9 Å². The second kappa shape index (κ2) is 7.52. The van der Waals surface area contributed by atoms with Gasteiger partial charge in [0.2, 0.25) is 0 Å². The molecule has 1 aromatic carbocycles. The zero-order valence-electron chi connectivity index (χ0n) is 16.0. The van der Waals surface area contributed by atoms with Crippen LogP contribution in [0.3, 0.4) is 0 Å². The fourth-order valence-corrected chi connectivity index (χ4v) is 7.64. The second-order valence-electron chi connectivity index (χ2n) is 7.67.